The van der Waals surface area contributed by atoms with Crippen LogP contribution in [0.3, 0.4) is 0 Å². The smallest absolute Gasteiger partial charge is 0.254 e. The van der Waals surface area contributed by atoms with Crippen LogP contribution in [0, 0.1) is 24.1 Å². The number of nitrogens with zero attached hydrogens (tertiary/aromatic N) is 1. The normalized spacial score (nSPS) is 17.1. The maximum Gasteiger partial charge on any atom is 0.254 e. The maximum atomic E-state index is 13.7. The van der Waals surface area contributed by atoms with Crippen LogP contribution < -0.4 is 5.73 Å². The third kappa shape index (κ3) is 3.36. The van der Waals surface area contributed by atoms with E-state index in [1.54, 1.807) is 13.0 Å². The molecule has 1 aromatic rings. The number of halogens is 1. The Labute approximate surface area is 126 Å². The van der Waals surface area contributed by atoms with Crippen molar-refractivity contribution in [1.29, 1.82) is 0 Å². The first-order chi connectivity index (χ1) is 9.70. The third-order valence-electron chi connectivity index (χ3n) is 4.64. The van der Waals surface area contributed by atoms with E-state index in [-0.39, 0.29) is 11.3 Å². The highest BCUT2D eigenvalue weighted by Crippen LogP contribution is 2.34. The number of piperidine rings is 1. The van der Waals surface area contributed by atoms with Gasteiger partial charge in [-0.15, -0.1) is 0 Å². The summed E-state index contributed by atoms with van der Waals surface area (Å²) in [5.74, 6) is 0.0947. The Morgan fingerprint density at radius 1 is 1.29 bits per heavy atom. The van der Waals surface area contributed by atoms with Crippen molar-refractivity contribution in [2.75, 3.05) is 18.8 Å². The molecule has 1 saturated heterocycles. The lowest BCUT2D eigenvalue weighted by atomic mass is 9.75. The summed E-state index contributed by atoms with van der Waals surface area (Å²) in [6, 6.07) is 2.88. The van der Waals surface area contributed by atoms with Crippen molar-refractivity contribution < 1.29 is 9.18 Å². The second kappa shape index (κ2) is 5.66. The van der Waals surface area contributed by atoms with Crippen LogP contribution in [0.2, 0.25) is 0 Å². The van der Waals surface area contributed by atoms with Gasteiger partial charge in [0.25, 0.3) is 5.91 Å². The molecule has 0 spiro atoms. The highest BCUT2D eigenvalue weighted by atomic mass is 19.1. The van der Waals surface area contributed by atoms with E-state index in [0.717, 1.165) is 25.9 Å². The lowest BCUT2D eigenvalue weighted by molar-refractivity contribution is 0.0608. The van der Waals surface area contributed by atoms with Crippen molar-refractivity contribution in [2.24, 2.45) is 11.3 Å². The van der Waals surface area contributed by atoms with E-state index in [1.165, 1.54) is 6.07 Å². The molecule has 0 radical (unpaired) electrons. The SMILES string of the molecule is Cc1c(N)cc(C(=O)N2CCC(C(C)(C)C)CC2)cc1F. The Morgan fingerprint density at radius 3 is 2.33 bits per heavy atom. The lowest BCUT2D eigenvalue weighted by Crippen LogP contribution is -2.41. The van der Waals surface area contributed by atoms with E-state index in [9.17, 15) is 9.18 Å². The summed E-state index contributed by atoms with van der Waals surface area (Å²) in [6.45, 7) is 9.81. The van der Waals surface area contributed by atoms with Gasteiger partial charge in [0.2, 0.25) is 0 Å². The predicted octanol–water partition coefficient (Wildman–Crippen LogP) is 3.61. The van der Waals surface area contributed by atoms with E-state index in [2.05, 4.69) is 20.8 Å². The minimum absolute atomic E-state index is 0.118. The zero-order valence-electron chi connectivity index (χ0n) is 13.4. The zero-order chi connectivity index (χ0) is 15.8. The average molecular weight is 292 g/mol. The van der Waals surface area contributed by atoms with E-state index in [0.29, 0.717) is 22.7 Å². The minimum atomic E-state index is -0.414. The van der Waals surface area contributed by atoms with Gasteiger partial charge in [0.1, 0.15) is 5.82 Å². The predicted molar refractivity (Wildman–Crippen MR) is 83.6 cm³/mol. The number of carbonyl (C=O) groups is 1. The van der Waals surface area contributed by atoms with Gasteiger partial charge in [0.05, 0.1) is 0 Å². The highest BCUT2D eigenvalue weighted by Gasteiger charge is 2.30. The molecule has 1 aliphatic rings. The Bertz CT molecular complexity index is 517. The van der Waals surface area contributed by atoms with Gasteiger partial charge in [0.15, 0.2) is 0 Å². The summed E-state index contributed by atoms with van der Waals surface area (Å²) in [5.41, 5.74) is 7.12. The fourth-order valence-electron chi connectivity index (χ4n) is 2.95. The first kappa shape index (κ1) is 15.8. The molecule has 1 aliphatic heterocycles. The van der Waals surface area contributed by atoms with Gasteiger partial charge in [-0.25, -0.2) is 4.39 Å². The van der Waals surface area contributed by atoms with Crippen LogP contribution in [0.5, 0.6) is 0 Å². The van der Waals surface area contributed by atoms with Crippen LogP contribution in [0.4, 0.5) is 10.1 Å². The molecule has 1 fully saturated rings. The van der Waals surface area contributed by atoms with E-state index < -0.39 is 5.82 Å². The second-order valence-corrected chi connectivity index (χ2v) is 7.10. The van der Waals surface area contributed by atoms with E-state index in [4.69, 9.17) is 5.73 Å². The first-order valence-corrected chi connectivity index (χ1v) is 7.55. The van der Waals surface area contributed by atoms with Gasteiger partial charge in [-0.05, 0) is 43.2 Å². The van der Waals surface area contributed by atoms with Crippen molar-refractivity contribution in [2.45, 2.75) is 40.5 Å². The van der Waals surface area contributed by atoms with Gasteiger partial charge in [-0.1, -0.05) is 20.8 Å². The standard InChI is InChI=1S/C17H25FN2O/c1-11-14(18)9-12(10-15(11)19)16(21)20-7-5-13(6-8-20)17(2,3)4/h9-10,13H,5-8,19H2,1-4H3. The number of carbonyl (C=O) groups excluding carboxylic acids is 1. The van der Waals surface area contributed by atoms with Gasteiger partial charge < -0.3 is 10.6 Å². The van der Waals surface area contributed by atoms with E-state index >= 15 is 0 Å². The monoisotopic (exact) mass is 292 g/mol. The number of benzene rings is 1. The van der Waals surface area contributed by atoms with Crippen LogP contribution in [-0.4, -0.2) is 23.9 Å². The summed E-state index contributed by atoms with van der Waals surface area (Å²) in [5, 5.41) is 0. The maximum absolute atomic E-state index is 13.7. The summed E-state index contributed by atoms with van der Waals surface area (Å²) in [7, 11) is 0. The molecule has 4 heteroatoms. The molecule has 116 valence electrons. The number of hydrogen-bond acceptors (Lipinski definition) is 2. The molecule has 0 unspecified atom stereocenters. The number of amides is 1. The topological polar surface area (TPSA) is 46.3 Å². The fourth-order valence-corrected chi connectivity index (χ4v) is 2.95. The number of rotatable bonds is 1. The van der Waals surface area contributed by atoms with Crippen LogP contribution in [0.15, 0.2) is 12.1 Å². The molecule has 0 aliphatic carbocycles. The molecule has 1 amide bonds. The molecule has 1 heterocycles. The molecular weight excluding hydrogens is 267 g/mol. The molecule has 2 N–H and O–H groups in total. The molecule has 0 aromatic heterocycles. The molecule has 0 bridgehead atoms. The lowest BCUT2D eigenvalue weighted by Gasteiger charge is -2.38. The molecular formula is C17H25FN2O. The quantitative estimate of drug-likeness (QED) is 0.804. The van der Waals surface area contributed by atoms with Gasteiger partial charge >= 0.3 is 0 Å². The zero-order valence-corrected chi connectivity index (χ0v) is 13.4. The molecule has 2 rings (SSSR count). The fraction of sp³-hybridized carbons (Fsp3) is 0.588. The molecule has 0 atom stereocenters. The van der Waals surface area contributed by atoms with Crippen molar-refractivity contribution >= 4 is 11.6 Å². The number of hydrogen-bond donors (Lipinski definition) is 1. The van der Waals surface area contributed by atoms with Crippen LogP contribution >= 0.6 is 0 Å². The Kier molecular flexibility index (Phi) is 4.26. The minimum Gasteiger partial charge on any atom is -0.398 e. The van der Waals surface area contributed by atoms with Crippen molar-refractivity contribution in [1.82, 2.24) is 4.90 Å². The number of anilines is 1. The molecule has 1 aromatic carbocycles. The summed E-state index contributed by atoms with van der Waals surface area (Å²) < 4.78 is 13.7. The molecule has 21 heavy (non-hydrogen) atoms. The Balaban J connectivity index is 2.09. The van der Waals surface area contributed by atoms with Crippen LogP contribution in [0.25, 0.3) is 0 Å². The summed E-state index contributed by atoms with van der Waals surface area (Å²) in [6.07, 6.45) is 2.00. The highest BCUT2D eigenvalue weighted by molar-refractivity contribution is 5.95. The summed E-state index contributed by atoms with van der Waals surface area (Å²) >= 11 is 0. The largest absolute Gasteiger partial charge is 0.398 e. The van der Waals surface area contributed by atoms with Crippen LogP contribution in [-0.2, 0) is 0 Å². The molecule has 3 nitrogen and oxygen atoms in total. The average Bonchev–Trinajstić information content (AvgIpc) is 2.42. The Morgan fingerprint density at radius 2 is 1.86 bits per heavy atom. The van der Waals surface area contributed by atoms with Crippen molar-refractivity contribution in [3.8, 4) is 0 Å². The second-order valence-electron chi connectivity index (χ2n) is 7.10. The number of nitrogens with two attached hydrogens (primary N) is 1. The van der Waals surface area contributed by atoms with Gasteiger partial charge in [-0.2, -0.15) is 0 Å². The van der Waals surface area contributed by atoms with Gasteiger partial charge in [-0.3, -0.25) is 4.79 Å². The van der Waals surface area contributed by atoms with E-state index in [1.807, 2.05) is 4.90 Å². The third-order valence-corrected chi connectivity index (χ3v) is 4.64. The van der Waals surface area contributed by atoms with Gasteiger partial charge in [0, 0.05) is 29.9 Å². The van der Waals surface area contributed by atoms with Crippen LogP contribution in [0.1, 0.15) is 49.5 Å². The van der Waals surface area contributed by atoms with Crippen molar-refractivity contribution in [3.63, 3.8) is 0 Å². The first-order valence-electron chi connectivity index (χ1n) is 7.55. The summed E-state index contributed by atoms with van der Waals surface area (Å²) in [4.78, 5) is 14.3. The Hall–Kier alpha value is -1.58. The number of nitrogen functional groups attached to an aromatic ring is 1. The van der Waals surface area contributed by atoms with Crippen molar-refractivity contribution in [3.05, 3.63) is 29.1 Å². The molecule has 0 saturated carbocycles. The number of likely N-dealkylation sites (tertiary alicyclic amines) is 1.